The van der Waals surface area contributed by atoms with E-state index in [9.17, 15) is 4.79 Å². The maximum atomic E-state index is 12.4. The highest BCUT2D eigenvalue weighted by atomic mass is 16.5. The van der Waals surface area contributed by atoms with E-state index in [0.717, 1.165) is 16.9 Å². The smallest absolute Gasteiger partial charge is 0.221 e. The molecule has 0 aliphatic carbocycles. The number of amides is 1. The minimum Gasteiger partial charge on any atom is -0.497 e. The highest BCUT2D eigenvalue weighted by Gasteiger charge is 2.18. The predicted octanol–water partition coefficient (Wildman–Crippen LogP) is 3.52. The number of ether oxygens (including phenoxy) is 1. The van der Waals surface area contributed by atoms with Gasteiger partial charge in [-0.25, -0.2) is 0 Å². The largest absolute Gasteiger partial charge is 0.497 e. The Morgan fingerprint density at radius 3 is 2.44 bits per heavy atom. The molecule has 1 amide bonds. The second kappa shape index (κ2) is 8.15. The molecule has 0 bridgehead atoms. The van der Waals surface area contributed by atoms with Crippen molar-refractivity contribution in [1.82, 2.24) is 10.5 Å². The number of hydrogen-bond acceptors (Lipinski definition) is 4. The summed E-state index contributed by atoms with van der Waals surface area (Å²) in [4.78, 5) is 12.4. The topological polar surface area (TPSA) is 64.4 Å². The summed E-state index contributed by atoms with van der Waals surface area (Å²) in [5.74, 6) is 0.739. The van der Waals surface area contributed by atoms with Crippen molar-refractivity contribution in [3.8, 4) is 5.75 Å². The van der Waals surface area contributed by atoms with Crippen molar-refractivity contribution in [2.75, 3.05) is 7.11 Å². The third kappa shape index (κ3) is 4.47. The fraction of sp³-hybridized carbons (Fsp3) is 0.200. The summed E-state index contributed by atoms with van der Waals surface area (Å²) in [7, 11) is 1.64. The molecule has 0 saturated carbocycles. The van der Waals surface area contributed by atoms with E-state index < -0.39 is 0 Å². The van der Waals surface area contributed by atoms with Crippen LogP contribution in [0.2, 0.25) is 0 Å². The fourth-order valence-electron chi connectivity index (χ4n) is 2.73. The van der Waals surface area contributed by atoms with E-state index in [1.807, 2.05) is 54.6 Å². The standard InChI is InChI=1S/C20H20N2O3/c1-24-18-9-7-16(8-10-18)19(15-5-3-2-4-6-15)13-20(23)21-14-17-11-12-25-22-17/h2-12,19H,13-14H2,1H3,(H,21,23)/t19-/m1/s1. The second-order valence-electron chi connectivity index (χ2n) is 5.71. The Hall–Kier alpha value is -3.08. The van der Waals surface area contributed by atoms with Crippen molar-refractivity contribution in [2.24, 2.45) is 0 Å². The van der Waals surface area contributed by atoms with Gasteiger partial charge in [-0.05, 0) is 23.3 Å². The first-order valence-corrected chi connectivity index (χ1v) is 8.11. The number of aromatic nitrogens is 1. The summed E-state index contributed by atoms with van der Waals surface area (Å²) >= 11 is 0. The quantitative estimate of drug-likeness (QED) is 0.717. The van der Waals surface area contributed by atoms with Crippen LogP contribution in [-0.2, 0) is 11.3 Å². The monoisotopic (exact) mass is 336 g/mol. The number of nitrogens with zero attached hydrogens (tertiary/aromatic N) is 1. The van der Waals surface area contributed by atoms with Crippen LogP contribution in [0.5, 0.6) is 5.75 Å². The lowest BCUT2D eigenvalue weighted by Crippen LogP contribution is -2.25. The molecule has 5 nitrogen and oxygen atoms in total. The van der Waals surface area contributed by atoms with E-state index >= 15 is 0 Å². The molecule has 0 spiro atoms. The zero-order chi connectivity index (χ0) is 17.5. The van der Waals surface area contributed by atoms with Crippen LogP contribution in [0.15, 0.2) is 71.4 Å². The van der Waals surface area contributed by atoms with Gasteiger partial charge < -0.3 is 14.6 Å². The SMILES string of the molecule is COc1ccc([C@H](CC(=O)NCc2ccon2)c2ccccc2)cc1. The molecule has 2 aromatic carbocycles. The number of methoxy groups -OCH3 is 1. The summed E-state index contributed by atoms with van der Waals surface area (Å²) < 4.78 is 10.00. The Labute approximate surface area is 146 Å². The van der Waals surface area contributed by atoms with Gasteiger partial charge in [0, 0.05) is 18.4 Å². The summed E-state index contributed by atoms with van der Waals surface area (Å²) in [6.07, 6.45) is 1.85. The molecule has 1 N–H and O–H groups in total. The van der Waals surface area contributed by atoms with Crippen molar-refractivity contribution < 1.29 is 14.1 Å². The van der Waals surface area contributed by atoms with Gasteiger partial charge in [0.25, 0.3) is 0 Å². The summed E-state index contributed by atoms with van der Waals surface area (Å²) in [5.41, 5.74) is 2.88. The van der Waals surface area contributed by atoms with Gasteiger partial charge in [-0.1, -0.05) is 47.6 Å². The average Bonchev–Trinajstić information content (AvgIpc) is 3.19. The van der Waals surface area contributed by atoms with Crippen molar-refractivity contribution in [3.63, 3.8) is 0 Å². The molecule has 0 aliphatic rings. The molecule has 25 heavy (non-hydrogen) atoms. The number of carbonyl (C=O) groups excluding carboxylic acids is 1. The van der Waals surface area contributed by atoms with Gasteiger partial charge in [0.2, 0.25) is 5.91 Å². The highest BCUT2D eigenvalue weighted by molar-refractivity contribution is 5.77. The van der Waals surface area contributed by atoms with Crippen molar-refractivity contribution in [2.45, 2.75) is 18.9 Å². The molecule has 1 atom stereocenters. The van der Waals surface area contributed by atoms with Gasteiger partial charge in [-0.3, -0.25) is 4.79 Å². The first-order valence-electron chi connectivity index (χ1n) is 8.11. The number of carbonyl (C=O) groups is 1. The summed E-state index contributed by atoms with van der Waals surface area (Å²) in [6.45, 7) is 0.361. The molecule has 3 rings (SSSR count). The van der Waals surface area contributed by atoms with Crippen LogP contribution in [0.25, 0.3) is 0 Å². The molecule has 5 heteroatoms. The van der Waals surface area contributed by atoms with E-state index in [1.165, 1.54) is 6.26 Å². The number of hydrogen-bond donors (Lipinski definition) is 1. The lowest BCUT2D eigenvalue weighted by atomic mass is 9.88. The first-order chi connectivity index (χ1) is 12.3. The number of benzene rings is 2. The Morgan fingerprint density at radius 2 is 1.80 bits per heavy atom. The third-order valence-corrected chi connectivity index (χ3v) is 4.07. The average molecular weight is 336 g/mol. The normalized spacial score (nSPS) is 11.7. The summed E-state index contributed by atoms with van der Waals surface area (Å²) in [6, 6.07) is 19.6. The Kier molecular flexibility index (Phi) is 5.46. The van der Waals surface area contributed by atoms with Crippen LogP contribution in [0, 0.1) is 0 Å². The highest BCUT2D eigenvalue weighted by Crippen LogP contribution is 2.29. The molecule has 128 valence electrons. The Bertz CT molecular complexity index is 784. The van der Waals surface area contributed by atoms with E-state index in [4.69, 9.17) is 9.26 Å². The predicted molar refractivity (Wildman–Crippen MR) is 94.2 cm³/mol. The van der Waals surface area contributed by atoms with Crippen LogP contribution >= 0.6 is 0 Å². The Balaban J connectivity index is 1.75. The fourth-order valence-corrected chi connectivity index (χ4v) is 2.73. The molecule has 0 radical (unpaired) electrons. The molecular weight excluding hydrogens is 316 g/mol. The van der Waals surface area contributed by atoms with Crippen LogP contribution in [-0.4, -0.2) is 18.2 Å². The molecule has 0 unspecified atom stereocenters. The lowest BCUT2D eigenvalue weighted by Gasteiger charge is -2.18. The number of rotatable bonds is 7. The summed E-state index contributed by atoms with van der Waals surface area (Å²) in [5, 5.41) is 6.69. The maximum absolute atomic E-state index is 12.4. The van der Waals surface area contributed by atoms with Crippen LogP contribution in [0.1, 0.15) is 29.2 Å². The molecule has 1 aromatic heterocycles. The number of nitrogens with one attached hydrogen (secondary N) is 1. The van der Waals surface area contributed by atoms with E-state index in [-0.39, 0.29) is 11.8 Å². The third-order valence-electron chi connectivity index (χ3n) is 4.07. The van der Waals surface area contributed by atoms with Crippen molar-refractivity contribution in [3.05, 3.63) is 83.7 Å². The second-order valence-corrected chi connectivity index (χ2v) is 5.71. The zero-order valence-electron chi connectivity index (χ0n) is 14.0. The molecule has 0 saturated heterocycles. The van der Waals surface area contributed by atoms with Gasteiger partial charge in [0.1, 0.15) is 17.7 Å². The lowest BCUT2D eigenvalue weighted by molar-refractivity contribution is -0.121. The minimum atomic E-state index is -0.0346. The van der Waals surface area contributed by atoms with Crippen LogP contribution in [0.3, 0.4) is 0 Å². The van der Waals surface area contributed by atoms with Crippen molar-refractivity contribution >= 4 is 5.91 Å². The van der Waals surface area contributed by atoms with E-state index in [2.05, 4.69) is 10.5 Å². The van der Waals surface area contributed by atoms with Gasteiger partial charge in [-0.15, -0.1) is 0 Å². The molecule has 0 aliphatic heterocycles. The van der Waals surface area contributed by atoms with Gasteiger partial charge in [0.05, 0.1) is 13.7 Å². The van der Waals surface area contributed by atoms with E-state index in [1.54, 1.807) is 13.2 Å². The van der Waals surface area contributed by atoms with Crippen LogP contribution < -0.4 is 10.1 Å². The molecule has 1 heterocycles. The Morgan fingerprint density at radius 1 is 1.08 bits per heavy atom. The maximum Gasteiger partial charge on any atom is 0.221 e. The van der Waals surface area contributed by atoms with Crippen LogP contribution in [0.4, 0.5) is 0 Å². The zero-order valence-corrected chi connectivity index (χ0v) is 14.0. The molecule has 0 fully saturated rings. The van der Waals surface area contributed by atoms with Gasteiger partial charge in [0.15, 0.2) is 0 Å². The first kappa shape index (κ1) is 16.8. The van der Waals surface area contributed by atoms with Gasteiger partial charge >= 0.3 is 0 Å². The molecule has 3 aromatic rings. The van der Waals surface area contributed by atoms with Crippen molar-refractivity contribution in [1.29, 1.82) is 0 Å². The van der Waals surface area contributed by atoms with Gasteiger partial charge in [-0.2, -0.15) is 0 Å². The van der Waals surface area contributed by atoms with E-state index in [0.29, 0.717) is 18.7 Å². The minimum absolute atomic E-state index is 0.0237. The molecular formula is C20H20N2O3.